The third kappa shape index (κ3) is 4.43. The molecule has 4 nitrogen and oxygen atoms in total. The van der Waals surface area contributed by atoms with Gasteiger partial charge < -0.3 is 14.4 Å². The molecule has 1 aromatic carbocycles. The maximum absolute atomic E-state index is 6.27. The molecule has 0 aromatic heterocycles. The standard InChI is InChI=1S/C21H27ClN2O2/c1-16-12-20(23-8-10-25-11-9-23)24(14-17-4-6-19(22)7-5-17)21(13-16)26-15-18-2-3-18/h4-7,12-13,18,20H,2-3,8-11,14-15H2,1H3. The summed E-state index contributed by atoms with van der Waals surface area (Å²) < 4.78 is 11.8. The minimum atomic E-state index is 0.203. The van der Waals surface area contributed by atoms with Gasteiger partial charge in [-0.3, -0.25) is 4.90 Å². The number of hydrogen-bond donors (Lipinski definition) is 0. The minimum Gasteiger partial charge on any atom is -0.479 e. The lowest BCUT2D eigenvalue weighted by Crippen LogP contribution is -2.52. The topological polar surface area (TPSA) is 24.9 Å². The van der Waals surface area contributed by atoms with Crippen LogP contribution in [0.4, 0.5) is 0 Å². The molecular formula is C21H27ClN2O2. The lowest BCUT2D eigenvalue weighted by Gasteiger charge is -2.43. The van der Waals surface area contributed by atoms with Crippen molar-refractivity contribution in [2.75, 3.05) is 32.9 Å². The number of halogens is 1. The molecule has 3 aliphatic rings. The van der Waals surface area contributed by atoms with E-state index in [2.05, 4.69) is 41.0 Å². The van der Waals surface area contributed by atoms with Gasteiger partial charge in [-0.05, 0) is 55.0 Å². The number of hydrogen-bond acceptors (Lipinski definition) is 4. The van der Waals surface area contributed by atoms with Gasteiger partial charge in [-0.1, -0.05) is 23.7 Å². The Labute approximate surface area is 161 Å². The molecule has 0 N–H and O–H groups in total. The Hall–Kier alpha value is -1.49. The van der Waals surface area contributed by atoms with Crippen LogP contribution in [0.1, 0.15) is 25.3 Å². The summed E-state index contributed by atoms with van der Waals surface area (Å²) in [5, 5.41) is 0.772. The zero-order valence-electron chi connectivity index (χ0n) is 15.4. The minimum absolute atomic E-state index is 0.203. The Balaban J connectivity index is 1.56. The van der Waals surface area contributed by atoms with E-state index in [1.165, 1.54) is 24.0 Å². The molecule has 1 aliphatic carbocycles. The van der Waals surface area contributed by atoms with Gasteiger partial charge in [0.1, 0.15) is 6.17 Å². The van der Waals surface area contributed by atoms with Gasteiger partial charge in [-0.25, -0.2) is 0 Å². The molecule has 2 aliphatic heterocycles. The summed E-state index contributed by atoms with van der Waals surface area (Å²) in [7, 11) is 0. The van der Waals surface area contributed by atoms with E-state index < -0.39 is 0 Å². The molecule has 1 atom stereocenters. The van der Waals surface area contributed by atoms with Crippen molar-refractivity contribution < 1.29 is 9.47 Å². The van der Waals surface area contributed by atoms with Crippen molar-refractivity contribution in [1.82, 2.24) is 9.80 Å². The van der Waals surface area contributed by atoms with Crippen LogP contribution in [0.5, 0.6) is 0 Å². The van der Waals surface area contributed by atoms with E-state index in [-0.39, 0.29) is 6.17 Å². The Bertz CT molecular complexity index is 676. The van der Waals surface area contributed by atoms with Crippen molar-refractivity contribution in [3.8, 4) is 0 Å². The molecule has 5 heteroatoms. The van der Waals surface area contributed by atoms with Gasteiger partial charge in [-0.15, -0.1) is 0 Å². The Morgan fingerprint density at radius 3 is 2.58 bits per heavy atom. The predicted molar refractivity (Wildman–Crippen MR) is 104 cm³/mol. The van der Waals surface area contributed by atoms with Crippen LogP contribution >= 0.6 is 11.6 Å². The van der Waals surface area contributed by atoms with Crippen molar-refractivity contribution in [3.63, 3.8) is 0 Å². The third-order valence-electron chi connectivity index (χ3n) is 5.22. The van der Waals surface area contributed by atoms with Crippen LogP contribution in [0, 0.1) is 5.92 Å². The van der Waals surface area contributed by atoms with Crippen LogP contribution < -0.4 is 0 Å². The van der Waals surface area contributed by atoms with Crippen LogP contribution in [0.3, 0.4) is 0 Å². The molecule has 1 unspecified atom stereocenters. The summed E-state index contributed by atoms with van der Waals surface area (Å²) in [5.74, 6) is 1.73. The summed E-state index contributed by atoms with van der Waals surface area (Å²) in [6, 6.07) is 8.12. The quantitative estimate of drug-likeness (QED) is 0.750. The van der Waals surface area contributed by atoms with Crippen LogP contribution in [-0.4, -0.2) is 48.9 Å². The zero-order valence-corrected chi connectivity index (χ0v) is 16.1. The molecule has 0 amide bonds. The van der Waals surface area contributed by atoms with Gasteiger partial charge >= 0.3 is 0 Å². The number of morpholine rings is 1. The lowest BCUT2D eigenvalue weighted by atomic mass is 10.1. The van der Waals surface area contributed by atoms with E-state index in [1.807, 2.05) is 12.1 Å². The molecule has 0 spiro atoms. The fraction of sp³-hybridized carbons (Fsp3) is 0.524. The zero-order chi connectivity index (χ0) is 17.9. The van der Waals surface area contributed by atoms with Crippen molar-refractivity contribution >= 4 is 11.6 Å². The number of nitrogens with zero attached hydrogens (tertiary/aromatic N) is 2. The van der Waals surface area contributed by atoms with Gasteiger partial charge in [0.15, 0.2) is 5.88 Å². The van der Waals surface area contributed by atoms with Crippen LogP contribution in [0.15, 0.2) is 47.9 Å². The van der Waals surface area contributed by atoms with E-state index in [4.69, 9.17) is 21.1 Å². The fourth-order valence-electron chi connectivity index (χ4n) is 3.50. The maximum atomic E-state index is 6.27. The molecule has 0 bridgehead atoms. The molecule has 1 saturated carbocycles. The molecule has 1 saturated heterocycles. The second kappa shape index (κ2) is 8.03. The van der Waals surface area contributed by atoms with E-state index >= 15 is 0 Å². The highest BCUT2D eigenvalue weighted by atomic mass is 35.5. The van der Waals surface area contributed by atoms with Gasteiger partial charge in [-0.2, -0.15) is 0 Å². The lowest BCUT2D eigenvalue weighted by molar-refractivity contribution is -0.0320. The predicted octanol–water partition coefficient (Wildman–Crippen LogP) is 4.03. The smallest absolute Gasteiger partial charge is 0.191 e. The third-order valence-corrected chi connectivity index (χ3v) is 5.47. The van der Waals surface area contributed by atoms with Crippen molar-refractivity contribution in [2.24, 2.45) is 5.92 Å². The Morgan fingerprint density at radius 2 is 1.88 bits per heavy atom. The van der Waals surface area contributed by atoms with E-state index in [0.717, 1.165) is 56.3 Å². The van der Waals surface area contributed by atoms with Crippen LogP contribution in [0.2, 0.25) is 5.02 Å². The molecule has 2 heterocycles. The molecule has 4 rings (SSSR count). The highest BCUT2D eigenvalue weighted by Gasteiger charge is 2.31. The maximum Gasteiger partial charge on any atom is 0.191 e. The largest absolute Gasteiger partial charge is 0.479 e. The van der Waals surface area contributed by atoms with Gasteiger partial charge in [0.25, 0.3) is 0 Å². The first-order chi connectivity index (χ1) is 12.7. The average Bonchev–Trinajstić information content (AvgIpc) is 3.48. The van der Waals surface area contributed by atoms with Gasteiger partial charge in [0, 0.05) is 30.7 Å². The highest BCUT2D eigenvalue weighted by molar-refractivity contribution is 6.30. The molecule has 0 radical (unpaired) electrons. The monoisotopic (exact) mass is 374 g/mol. The van der Waals surface area contributed by atoms with Crippen LogP contribution in [0.25, 0.3) is 0 Å². The molecule has 26 heavy (non-hydrogen) atoms. The second-order valence-electron chi connectivity index (χ2n) is 7.46. The SMILES string of the molecule is CC1=CC(N2CCOCC2)N(Cc2ccc(Cl)cc2)C(OCC2CC2)=C1. The summed E-state index contributed by atoms with van der Waals surface area (Å²) in [6.07, 6.45) is 7.31. The summed E-state index contributed by atoms with van der Waals surface area (Å²) in [5.41, 5.74) is 2.50. The molecule has 1 aromatic rings. The summed E-state index contributed by atoms with van der Waals surface area (Å²) in [6.45, 7) is 7.27. The number of rotatable bonds is 6. The van der Waals surface area contributed by atoms with E-state index in [9.17, 15) is 0 Å². The van der Waals surface area contributed by atoms with E-state index in [1.54, 1.807) is 0 Å². The molecule has 140 valence electrons. The number of benzene rings is 1. The second-order valence-corrected chi connectivity index (χ2v) is 7.90. The average molecular weight is 375 g/mol. The van der Waals surface area contributed by atoms with Crippen molar-refractivity contribution in [2.45, 2.75) is 32.5 Å². The van der Waals surface area contributed by atoms with E-state index in [0.29, 0.717) is 0 Å². The van der Waals surface area contributed by atoms with Crippen molar-refractivity contribution in [1.29, 1.82) is 0 Å². The summed E-state index contributed by atoms with van der Waals surface area (Å²) in [4.78, 5) is 4.86. The Morgan fingerprint density at radius 1 is 1.15 bits per heavy atom. The first kappa shape index (κ1) is 17.9. The number of ether oxygens (including phenoxy) is 2. The van der Waals surface area contributed by atoms with Gasteiger partial charge in [0.2, 0.25) is 0 Å². The fourth-order valence-corrected chi connectivity index (χ4v) is 3.62. The Kier molecular flexibility index (Phi) is 5.53. The molecular weight excluding hydrogens is 348 g/mol. The summed E-state index contributed by atoms with van der Waals surface area (Å²) >= 11 is 6.06. The first-order valence-corrected chi connectivity index (χ1v) is 9.92. The van der Waals surface area contributed by atoms with Gasteiger partial charge in [0.05, 0.1) is 19.8 Å². The van der Waals surface area contributed by atoms with Crippen molar-refractivity contribution in [3.05, 3.63) is 58.5 Å². The number of allylic oxidation sites excluding steroid dienone is 2. The van der Waals surface area contributed by atoms with Crippen LogP contribution in [-0.2, 0) is 16.0 Å². The normalized spacial score (nSPS) is 24.2. The highest BCUT2D eigenvalue weighted by Crippen LogP contribution is 2.32. The molecule has 2 fully saturated rings. The first-order valence-electron chi connectivity index (χ1n) is 9.55.